The Hall–Kier alpha value is -4.99. The van der Waals surface area contributed by atoms with Gasteiger partial charge in [0.25, 0.3) is 5.91 Å². The number of hydrogen-bond donors (Lipinski definition) is 3. The number of sulfone groups is 1. The third kappa shape index (κ3) is 10.0. The molecule has 4 N–H and O–H groups in total. The average Bonchev–Trinajstić information content (AvgIpc) is 3.04. The Morgan fingerprint density at radius 3 is 2.18 bits per heavy atom. The number of primary amides is 1. The molecule has 0 aromatic heterocycles. The zero-order valence-electron chi connectivity index (χ0n) is 27.5. The first-order valence-electron chi connectivity index (χ1n) is 15.7. The number of piperidine rings is 1. The van der Waals surface area contributed by atoms with E-state index in [-0.39, 0.29) is 34.5 Å². The molecule has 15 heteroatoms. The van der Waals surface area contributed by atoms with Gasteiger partial charge in [0.1, 0.15) is 17.3 Å². The number of carbonyl (C=O) groups excluding carboxylic acids is 2. The lowest BCUT2D eigenvalue weighted by atomic mass is 10.0. The summed E-state index contributed by atoms with van der Waals surface area (Å²) in [7, 11) is -7.03. The third-order valence-corrected chi connectivity index (χ3v) is 9.43. The molecule has 0 radical (unpaired) electrons. The molecule has 264 valence electrons. The summed E-state index contributed by atoms with van der Waals surface area (Å²) < 4.78 is 69.0. The summed E-state index contributed by atoms with van der Waals surface area (Å²) in [6.07, 6.45) is 3.39. The molecule has 12 nitrogen and oxygen atoms in total. The van der Waals surface area contributed by atoms with E-state index in [4.69, 9.17) is 10.5 Å². The number of urea groups is 1. The topological polar surface area (TPSA) is 168 Å². The number of likely N-dealkylation sites (tertiary alicyclic amines) is 1. The van der Waals surface area contributed by atoms with Gasteiger partial charge in [-0.3, -0.25) is 19.3 Å². The number of rotatable bonds is 12. The molecule has 0 aliphatic carbocycles. The summed E-state index contributed by atoms with van der Waals surface area (Å²) in [6, 6.07) is 24.3. The molecule has 1 heterocycles. The zero-order valence-corrected chi connectivity index (χ0v) is 29.1. The SMILES string of the molecule is CS(=O)(=O)Cc1ccc(Oc2ccc(CN3CCC(N(C(=O)Nc4ccc(F)c(NS(C)(=O)=O)c4)c4ccccc4)CC3)cc2)c(C(N)=O)c1. The molecule has 3 amide bonds. The molecule has 5 rings (SSSR count). The van der Waals surface area contributed by atoms with Crippen LogP contribution in [0.15, 0.2) is 91.0 Å². The van der Waals surface area contributed by atoms with Gasteiger partial charge in [-0.2, -0.15) is 0 Å². The van der Waals surface area contributed by atoms with Gasteiger partial charge in [-0.05, 0) is 78.6 Å². The summed E-state index contributed by atoms with van der Waals surface area (Å²) in [5.74, 6) is -1.01. The van der Waals surface area contributed by atoms with Crippen LogP contribution in [0.4, 0.5) is 26.2 Å². The number of nitrogens with one attached hydrogen (secondary N) is 2. The van der Waals surface area contributed by atoms with E-state index in [1.807, 2.05) is 42.5 Å². The van der Waals surface area contributed by atoms with Crippen molar-refractivity contribution in [2.24, 2.45) is 5.73 Å². The van der Waals surface area contributed by atoms with Crippen molar-refractivity contribution in [2.45, 2.75) is 31.2 Å². The molecule has 0 unspecified atom stereocenters. The van der Waals surface area contributed by atoms with Crippen molar-refractivity contribution in [3.63, 3.8) is 0 Å². The smallest absolute Gasteiger partial charge is 0.326 e. The van der Waals surface area contributed by atoms with Gasteiger partial charge in [0.2, 0.25) is 10.0 Å². The highest BCUT2D eigenvalue weighted by Crippen LogP contribution is 2.29. The first kappa shape index (κ1) is 36.3. The molecule has 1 saturated heterocycles. The van der Waals surface area contributed by atoms with Crippen molar-refractivity contribution in [3.05, 3.63) is 114 Å². The largest absolute Gasteiger partial charge is 0.457 e. The van der Waals surface area contributed by atoms with E-state index in [2.05, 4.69) is 14.9 Å². The second-order valence-electron chi connectivity index (χ2n) is 12.2. The van der Waals surface area contributed by atoms with E-state index >= 15 is 0 Å². The van der Waals surface area contributed by atoms with Crippen LogP contribution in [0.1, 0.15) is 34.3 Å². The molecule has 1 aliphatic rings. The van der Waals surface area contributed by atoms with E-state index < -0.39 is 37.6 Å². The highest BCUT2D eigenvalue weighted by molar-refractivity contribution is 7.92. The van der Waals surface area contributed by atoms with Crippen LogP contribution in [0.25, 0.3) is 0 Å². The Bertz CT molecular complexity index is 2070. The average molecular weight is 724 g/mol. The Kier molecular flexibility index (Phi) is 11.1. The standard InChI is InChI=1S/C35H38FN5O7S2/c1-49(44,45)23-25-10-15-33(30(20-25)34(37)42)48-29-12-8-24(9-13-29)22-40-18-16-28(17-19-40)41(27-6-4-3-5-7-27)35(43)38-26-11-14-31(36)32(21-26)39-50(2,46)47/h3-15,20-21,28,39H,16-19,22-23H2,1-2H3,(H2,37,42)(H,38,43). The Labute approximate surface area is 291 Å². The lowest BCUT2D eigenvalue weighted by molar-refractivity contribution is 0.0998. The number of hydrogen-bond acceptors (Lipinski definition) is 8. The lowest BCUT2D eigenvalue weighted by Gasteiger charge is -2.38. The molecule has 0 bridgehead atoms. The number of carbonyl (C=O) groups is 2. The molecule has 0 atom stereocenters. The van der Waals surface area contributed by atoms with Crippen molar-refractivity contribution in [1.82, 2.24) is 4.90 Å². The predicted molar refractivity (Wildman–Crippen MR) is 191 cm³/mol. The molecular weight excluding hydrogens is 686 g/mol. The van der Waals surface area contributed by atoms with E-state index in [0.29, 0.717) is 49.5 Å². The normalized spacial score (nSPS) is 14.1. The number of nitrogens with zero attached hydrogens (tertiary/aromatic N) is 2. The first-order chi connectivity index (χ1) is 23.6. The van der Waals surface area contributed by atoms with Crippen LogP contribution in [0.2, 0.25) is 0 Å². The summed E-state index contributed by atoms with van der Waals surface area (Å²) in [6.45, 7) is 2.07. The van der Waals surface area contributed by atoms with Crippen molar-refractivity contribution in [1.29, 1.82) is 0 Å². The zero-order chi connectivity index (χ0) is 36.1. The van der Waals surface area contributed by atoms with Crippen LogP contribution >= 0.6 is 0 Å². The fourth-order valence-electron chi connectivity index (χ4n) is 5.78. The minimum Gasteiger partial charge on any atom is -0.457 e. The van der Waals surface area contributed by atoms with Crippen molar-refractivity contribution >= 4 is 48.9 Å². The minimum absolute atomic E-state index is 0.0858. The van der Waals surface area contributed by atoms with Gasteiger partial charge in [-0.1, -0.05) is 36.4 Å². The number of nitrogens with two attached hydrogens (primary N) is 1. The quantitative estimate of drug-likeness (QED) is 0.176. The Morgan fingerprint density at radius 2 is 1.56 bits per heavy atom. The third-order valence-electron chi connectivity index (χ3n) is 7.98. The van der Waals surface area contributed by atoms with Gasteiger partial charge >= 0.3 is 6.03 Å². The van der Waals surface area contributed by atoms with Crippen LogP contribution < -0.4 is 25.4 Å². The number of anilines is 3. The lowest BCUT2D eigenvalue weighted by Crippen LogP contribution is -2.49. The molecule has 1 aliphatic heterocycles. The van der Waals surface area contributed by atoms with Gasteiger partial charge in [-0.25, -0.2) is 26.0 Å². The number of halogens is 1. The highest BCUT2D eigenvalue weighted by Gasteiger charge is 2.29. The molecular formula is C35H38FN5O7S2. The van der Waals surface area contributed by atoms with Gasteiger partial charge in [0, 0.05) is 43.3 Å². The van der Waals surface area contributed by atoms with E-state index in [1.165, 1.54) is 24.3 Å². The van der Waals surface area contributed by atoms with E-state index in [1.54, 1.807) is 23.1 Å². The van der Waals surface area contributed by atoms with Gasteiger partial charge in [-0.15, -0.1) is 0 Å². The maximum absolute atomic E-state index is 14.3. The van der Waals surface area contributed by atoms with Crippen LogP contribution in [-0.4, -0.2) is 65.3 Å². The summed E-state index contributed by atoms with van der Waals surface area (Å²) in [4.78, 5) is 29.7. The number of para-hydroxylation sites is 1. The number of sulfonamides is 1. The molecule has 4 aromatic carbocycles. The maximum Gasteiger partial charge on any atom is 0.326 e. The van der Waals surface area contributed by atoms with Crippen LogP contribution in [0.3, 0.4) is 0 Å². The number of benzene rings is 4. The van der Waals surface area contributed by atoms with Crippen molar-refractivity contribution < 1.29 is 35.6 Å². The van der Waals surface area contributed by atoms with Crippen LogP contribution in [0, 0.1) is 5.82 Å². The summed E-state index contributed by atoms with van der Waals surface area (Å²) in [5, 5.41) is 2.80. The molecule has 4 aromatic rings. The Morgan fingerprint density at radius 1 is 0.900 bits per heavy atom. The maximum atomic E-state index is 14.3. The van der Waals surface area contributed by atoms with Crippen molar-refractivity contribution in [2.75, 3.05) is 40.5 Å². The second-order valence-corrected chi connectivity index (χ2v) is 16.1. The predicted octanol–water partition coefficient (Wildman–Crippen LogP) is 5.34. The van der Waals surface area contributed by atoms with Gasteiger partial charge < -0.3 is 15.8 Å². The van der Waals surface area contributed by atoms with Gasteiger partial charge in [0.15, 0.2) is 9.84 Å². The van der Waals surface area contributed by atoms with E-state index in [0.717, 1.165) is 24.1 Å². The fraction of sp³-hybridized carbons (Fsp3) is 0.257. The second kappa shape index (κ2) is 15.3. The first-order valence-corrected chi connectivity index (χ1v) is 19.6. The molecule has 0 saturated carbocycles. The molecule has 0 spiro atoms. The van der Waals surface area contributed by atoms with Crippen LogP contribution in [0.5, 0.6) is 11.5 Å². The van der Waals surface area contributed by atoms with Crippen molar-refractivity contribution in [3.8, 4) is 11.5 Å². The Balaban J connectivity index is 1.22. The van der Waals surface area contributed by atoms with Gasteiger partial charge in [0.05, 0.1) is 23.3 Å². The van der Waals surface area contributed by atoms with Crippen LogP contribution in [-0.2, 0) is 32.2 Å². The fourth-order valence-corrected chi connectivity index (χ4v) is 7.12. The monoisotopic (exact) mass is 723 g/mol. The summed E-state index contributed by atoms with van der Waals surface area (Å²) in [5.41, 5.74) is 7.76. The number of amides is 3. The van der Waals surface area contributed by atoms with E-state index in [9.17, 15) is 30.8 Å². The molecule has 50 heavy (non-hydrogen) atoms. The molecule has 1 fully saturated rings. The summed E-state index contributed by atoms with van der Waals surface area (Å²) >= 11 is 0. The number of ether oxygens (including phenoxy) is 1. The minimum atomic E-state index is -3.73. The highest BCUT2D eigenvalue weighted by atomic mass is 32.2.